The molecule has 2 aliphatic rings. The first-order valence-corrected chi connectivity index (χ1v) is 9.88. The molecule has 132 valence electrons. The number of likely N-dealkylation sites (tertiary alicyclic amines) is 2. The largest absolute Gasteiger partial charge is 0.339 e. The zero-order chi connectivity index (χ0) is 17.4. The summed E-state index contributed by atoms with van der Waals surface area (Å²) in [5, 5.41) is 0. The SMILES string of the molecule is C[C@@H]1CCN(C(=O)CSC(C)(C)C(=O)N2CC[C@H](C)[C@@H]2C)[C@H]1C. The Morgan fingerprint density at radius 2 is 1.43 bits per heavy atom. The molecule has 2 rings (SSSR count). The van der Waals surface area contributed by atoms with Crippen molar-refractivity contribution in [1.29, 1.82) is 0 Å². The van der Waals surface area contributed by atoms with Gasteiger partial charge in [0.1, 0.15) is 0 Å². The number of carbonyl (C=O) groups excluding carboxylic acids is 2. The molecule has 0 spiro atoms. The molecule has 0 N–H and O–H groups in total. The Morgan fingerprint density at radius 1 is 0.957 bits per heavy atom. The van der Waals surface area contributed by atoms with Crippen LogP contribution in [0.15, 0.2) is 0 Å². The van der Waals surface area contributed by atoms with Crippen LogP contribution in [0.25, 0.3) is 0 Å². The van der Waals surface area contributed by atoms with E-state index < -0.39 is 4.75 Å². The molecule has 2 heterocycles. The van der Waals surface area contributed by atoms with Gasteiger partial charge in [-0.25, -0.2) is 0 Å². The van der Waals surface area contributed by atoms with Crippen LogP contribution in [0.4, 0.5) is 0 Å². The summed E-state index contributed by atoms with van der Waals surface area (Å²) in [5.74, 6) is 1.89. The van der Waals surface area contributed by atoms with Crippen LogP contribution >= 0.6 is 11.8 Å². The first kappa shape index (κ1) is 18.6. The second-order valence-electron chi connectivity index (χ2n) is 7.90. The average Bonchev–Trinajstić information content (AvgIpc) is 3.00. The van der Waals surface area contributed by atoms with Crippen molar-refractivity contribution in [3.63, 3.8) is 0 Å². The van der Waals surface area contributed by atoms with Crippen molar-refractivity contribution in [1.82, 2.24) is 9.80 Å². The lowest BCUT2D eigenvalue weighted by molar-refractivity contribution is -0.133. The smallest absolute Gasteiger partial charge is 0.238 e. The maximum absolute atomic E-state index is 12.9. The number of hydrogen-bond acceptors (Lipinski definition) is 3. The van der Waals surface area contributed by atoms with Crippen molar-refractivity contribution in [2.24, 2.45) is 11.8 Å². The molecular weight excluding hydrogens is 308 g/mol. The van der Waals surface area contributed by atoms with E-state index in [-0.39, 0.29) is 11.8 Å². The number of nitrogens with zero attached hydrogens (tertiary/aromatic N) is 2. The maximum atomic E-state index is 12.9. The fourth-order valence-corrected chi connectivity index (χ4v) is 4.45. The Bertz CT molecular complexity index is 466. The van der Waals surface area contributed by atoms with E-state index in [2.05, 4.69) is 27.7 Å². The van der Waals surface area contributed by atoms with Crippen molar-refractivity contribution in [2.75, 3.05) is 18.8 Å². The minimum atomic E-state index is -0.539. The normalized spacial score (nSPS) is 31.7. The summed E-state index contributed by atoms with van der Waals surface area (Å²) in [7, 11) is 0. The van der Waals surface area contributed by atoms with Gasteiger partial charge in [0.15, 0.2) is 0 Å². The zero-order valence-electron chi connectivity index (χ0n) is 15.5. The van der Waals surface area contributed by atoms with Gasteiger partial charge in [-0.05, 0) is 52.4 Å². The molecule has 23 heavy (non-hydrogen) atoms. The summed E-state index contributed by atoms with van der Waals surface area (Å²) in [5.41, 5.74) is 0. The van der Waals surface area contributed by atoms with E-state index in [1.165, 1.54) is 11.8 Å². The summed E-state index contributed by atoms with van der Waals surface area (Å²) >= 11 is 1.49. The lowest BCUT2D eigenvalue weighted by atomic mass is 10.0. The molecule has 5 heteroatoms. The predicted octanol–water partition coefficient (Wildman–Crippen LogP) is 3.01. The first-order chi connectivity index (χ1) is 10.6. The molecule has 4 atom stereocenters. The van der Waals surface area contributed by atoms with E-state index in [9.17, 15) is 9.59 Å². The van der Waals surface area contributed by atoms with E-state index in [1.54, 1.807) is 0 Å². The lowest BCUT2D eigenvalue weighted by Gasteiger charge is -2.33. The van der Waals surface area contributed by atoms with Gasteiger partial charge in [-0.15, -0.1) is 11.8 Å². The lowest BCUT2D eigenvalue weighted by Crippen LogP contribution is -2.46. The number of rotatable bonds is 4. The highest BCUT2D eigenvalue weighted by molar-refractivity contribution is 8.02. The van der Waals surface area contributed by atoms with Crippen molar-refractivity contribution in [3.05, 3.63) is 0 Å². The van der Waals surface area contributed by atoms with Gasteiger partial charge in [-0.1, -0.05) is 13.8 Å². The van der Waals surface area contributed by atoms with E-state index in [4.69, 9.17) is 0 Å². The molecular formula is C18H32N2O2S. The third kappa shape index (κ3) is 3.86. The second kappa shape index (κ2) is 7.04. The van der Waals surface area contributed by atoms with Crippen molar-refractivity contribution < 1.29 is 9.59 Å². The van der Waals surface area contributed by atoms with Gasteiger partial charge in [-0.3, -0.25) is 9.59 Å². The monoisotopic (exact) mass is 340 g/mol. The number of amides is 2. The molecule has 0 aromatic rings. The number of carbonyl (C=O) groups is 2. The molecule has 2 saturated heterocycles. The van der Waals surface area contributed by atoms with Crippen LogP contribution in [-0.2, 0) is 9.59 Å². The summed E-state index contributed by atoms with van der Waals surface area (Å²) in [4.78, 5) is 29.3. The number of thioether (sulfide) groups is 1. The topological polar surface area (TPSA) is 40.6 Å². The molecule has 2 amide bonds. The molecule has 0 aromatic carbocycles. The fraction of sp³-hybridized carbons (Fsp3) is 0.889. The van der Waals surface area contributed by atoms with Crippen molar-refractivity contribution >= 4 is 23.6 Å². The third-order valence-electron chi connectivity index (χ3n) is 5.93. The van der Waals surface area contributed by atoms with Gasteiger partial charge in [-0.2, -0.15) is 0 Å². The molecule has 4 nitrogen and oxygen atoms in total. The summed E-state index contributed by atoms with van der Waals surface area (Å²) in [6.07, 6.45) is 2.17. The maximum Gasteiger partial charge on any atom is 0.238 e. The van der Waals surface area contributed by atoms with Crippen LogP contribution in [-0.4, -0.2) is 57.3 Å². The molecule has 2 aliphatic heterocycles. The van der Waals surface area contributed by atoms with Crippen LogP contribution in [0, 0.1) is 11.8 Å². The van der Waals surface area contributed by atoms with E-state index in [1.807, 2.05) is 23.6 Å². The second-order valence-corrected chi connectivity index (χ2v) is 9.50. The van der Waals surface area contributed by atoms with Crippen molar-refractivity contribution in [2.45, 2.75) is 71.2 Å². The Kier molecular flexibility index (Phi) is 5.70. The highest BCUT2D eigenvalue weighted by Gasteiger charge is 2.40. The Hall–Kier alpha value is -0.710. The summed E-state index contributed by atoms with van der Waals surface area (Å²) in [6, 6.07) is 0.624. The highest BCUT2D eigenvalue weighted by Crippen LogP contribution is 2.33. The van der Waals surface area contributed by atoms with E-state index >= 15 is 0 Å². The quantitative estimate of drug-likeness (QED) is 0.790. The molecule has 0 saturated carbocycles. The molecule has 0 radical (unpaired) electrons. The molecule has 0 unspecified atom stereocenters. The first-order valence-electron chi connectivity index (χ1n) is 8.89. The standard InChI is InChI=1S/C18H32N2O2S/c1-12-7-9-19(14(12)3)16(21)11-23-18(5,6)17(22)20-10-8-13(2)15(20)4/h12-15H,7-11H2,1-6H3/t12-,13+,14+,15+/m1/s1. The van der Waals surface area contributed by atoms with Gasteiger partial charge < -0.3 is 9.80 Å². The highest BCUT2D eigenvalue weighted by atomic mass is 32.2. The minimum Gasteiger partial charge on any atom is -0.339 e. The predicted molar refractivity (Wildman–Crippen MR) is 96.4 cm³/mol. The average molecular weight is 341 g/mol. The Morgan fingerprint density at radius 3 is 1.87 bits per heavy atom. The number of hydrogen-bond donors (Lipinski definition) is 0. The molecule has 0 aliphatic carbocycles. The van der Waals surface area contributed by atoms with E-state index in [0.29, 0.717) is 29.7 Å². The van der Waals surface area contributed by atoms with Gasteiger partial charge in [0.05, 0.1) is 10.5 Å². The Balaban J connectivity index is 1.91. The summed E-state index contributed by atoms with van der Waals surface area (Å²) < 4.78 is -0.539. The van der Waals surface area contributed by atoms with Crippen LogP contribution in [0.2, 0.25) is 0 Å². The van der Waals surface area contributed by atoms with Crippen LogP contribution in [0.3, 0.4) is 0 Å². The van der Waals surface area contributed by atoms with Crippen LogP contribution in [0.5, 0.6) is 0 Å². The van der Waals surface area contributed by atoms with Gasteiger partial charge in [0, 0.05) is 25.2 Å². The fourth-order valence-electron chi connectivity index (χ4n) is 3.56. The van der Waals surface area contributed by atoms with E-state index in [0.717, 1.165) is 25.9 Å². The van der Waals surface area contributed by atoms with Gasteiger partial charge >= 0.3 is 0 Å². The minimum absolute atomic E-state index is 0.176. The van der Waals surface area contributed by atoms with Crippen LogP contribution in [0.1, 0.15) is 54.4 Å². The van der Waals surface area contributed by atoms with Gasteiger partial charge in [0.25, 0.3) is 0 Å². The van der Waals surface area contributed by atoms with Crippen molar-refractivity contribution in [3.8, 4) is 0 Å². The van der Waals surface area contributed by atoms with Crippen LogP contribution < -0.4 is 0 Å². The Labute approximate surface area is 145 Å². The zero-order valence-corrected chi connectivity index (χ0v) is 16.3. The molecule has 0 aromatic heterocycles. The molecule has 2 fully saturated rings. The van der Waals surface area contributed by atoms with Gasteiger partial charge in [0.2, 0.25) is 11.8 Å². The third-order valence-corrected chi connectivity index (χ3v) is 7.22. The molecule has 0 bridgehead atoms. The summed E-state index contributed by atoms with van der Waals surface area (Å²) in [6.45, 7) is 14.3.